The van der Waals surface area contributed by atoms with E-state index in [-0.39, 0.29) is 29.0 Å². The van der Waals surface area contributed by atoms with Gasteiger partial charge in [0.15, 0.2) is 0 Å². The van der Waals surface area contributed by atoms with Crippen molar-refractivity contribution in [3.63, 3.8) is 0 Å². The topological polar surface area (TPSA) is 64.4 Å². The van der Waals surface area contributed by atoms with Crippen molar-refractivity contribution in [1.82, 2.24) is 9.78 Å². The summed E-state index contributed by atoms with van der Waals surface area (Å²) in [5.41, 5.74) is -2.24. The zero-order chi connectivity index (χ0) is 24.3. The molecule has 1 aliphatic carbocycles. The van der Waals surface area contributed by atoms with E-state index in [2.05, 4.69) is 5.10 Å². The minimum atomic E-state index is -4.50. The highest BCUT2D eigenvalue weighted by molar-refractivity contribution is 14.1. The third-order valence-electron chi connectivity index (χ3n) is 5.82. The van der Waals surface area contributed by atoms with Gasteiger partial charge in [0, 0.05) is 6.54 Å². The average Bonchev–Trinajstić information content (AvgIpc) is 3.45. The first-order valence-electron chi connectivity index (χ1n) is 10.5. The van der Waals surface area contributed by atoms with Crippen molar-refractivity contribution in [2.75, 3.05) is 11.4 Å². The van der Waals surface area contributed by atoms with E-state index < -0.39 is 29.2 Å². The largest absolute Gasteiger partial charge is 0.443 e. The standard InChI is InChI=1S/C22H22ClF3IN3O3/c1-20(2,3)33-19(32)29-11-5-8-14-16(29)17(27)28-30(14)18(31)15-12(6-4-7-13(15)23)21(9-10-21)22(24,25)26/h4,6-7H,5,8-11H2,1-3H3. The number of hydrogen-bond acceptors (Lipinski definition) is 4. The van der Waals surface area contributed by atoms with Crippen molar-refractivity contribution in [3.8, 4) is 0 Å². The van der Waals surface area contributed by atoms with Crippen LogP contribution in [0.4, 0.5) is 23.7 Å². The summed E-state index contributed by atoms with van der Waals surface area (Å²) < 4.78 is 48.6. The molecule has 4 rings (SSSR count). The SMILES string of the molecule is CC(C)(C)OC(=O)N1CCCc2c1c(I)nn2C(=O)c1c(Cl)cccc1C1(C(F)(F)F)CC1. The Balaban J connectivity index is 1.79. The van der Waals surface area contributed by atoms with Crippen LogP contribution < -0.4 is 4.90 Å². The van der Waals surface area contributed by atoms with Crippen molar-refractivity contribution in [3.05, 3.63) is 43.7 Å². The van der Waals surface area contributed by atoms with Crippen LogP contribution in [0.5, 0.6) is 0 Å². The van der Waals surface area contributed by atoms with Crippen molar-refractivity contribution in [1.29, 1.82) is 0 Å². The van der Waals surface area contributed by atoms with E-state index in [1.165, 1.54) is 23.1 Å². The molecule has 1 aromatic heterocycles. The zero-order valence-corrected chi connectivity index (χ0v) is 21.1. The molecule has 0 spiro atoms. The monoisotopic (exact) mass is 595 g/mol. The van der Waals surface area contributed by atoms with Crippen LogP contribution in [-0.2, 0) is 16.6 Å². The molecule has 1 aliphatic heterocycles. The smallest absolute Gasteiger partial charge is 0.414 e. The van der Waals surface area contributed by atoms with E-state index in [4.69, 9.17) is 16.3 Å². The lowest BCUT2D eigenvalue weighted by atomic mass is 9.90. The first kappa shape index (κ1) is 24.3. The van der Waals surface area contributed by atoms with Crippen LogP contribution in [0.15, 0.2) is 18.2 Å². The summed E-state index contributed by atoms with van der Waals surface area (Å²) in [5, 5.41) is 4.25. The van der Waals surface area contributed by atoms with E-state index in [0.29, 0.717) is 34.5 Å². The number of carbonyl (C=O) groups is 2. The highest BCUT2D eigenvalue weighted by atomic mass is 127. The molecule has 0 N–H and O–H groups in total. The summed E-state index contributed by atoms with van der Waals surface area (Å²) in [6.07, 6.45) is -4.29. The van der Waals surface area contributed by atoms with Crippen LogP contribution in [-0.4, -0.2) is 40.1 Å². The maximum Gasteiger partial charge on any atom is 0.414 e. The second-order valence-electron chi connectivity index (χ2n) is 9.28. The molecule has 0 saturated heterocycles. The predicted octanol–water partition coefficient (Wildman–Crippen LogP) is 6.11. The molecule has 1 saturated carbocycles. The van der Waals surface area contributed by atoms with Gasteiger partial charge in [0.25, 0.3) is 5.91 Å². The highest BCUT2D eigenvalue weighted by Crippen LogP contribution is 2.60. The van der Waals surface area contributed by atoms with E-state index in [0.717, 1.165) is 4.68 Å². The maximum absolute atomic E-state index is 13.9. The fourth-order valence-corrected chi connectivity index (χ4v) is 5.24. The summed E-state index contributed by atoms with van der Waals surface area (Å²) >= 11 is 8.20. The van der Waals surface area contributed by atoms with E-state index in [1.54, 1.807) is 20.8 Å². The molecule has 0 radical (unpaired) electrons. The van der Waals surface area contributed by atoms with Crippen LogP contribution in [0.1, 0.15) is 61.6 Å². The summed E-state index contributed by atoms with van der Waals surface area (Å²) in [6.45, 7) is 5.63. The summed E-state index contributed by atoms with van der Waals surface area (Å²) in [6, 6.07) is 4.14. The number of halogens is 5. The van der Waals surface area contributed by atoms with Crippen LogP contribution in [0, 0.1) is 3.70 Å². The number of benzene rings is 1. The molecule has 0 unspecified atom stereocenters. The maximum atomic E-state index is 13.9. The Morgan fingerprint density at radius 1 is 1.21 bits per heavy atom. The Morgan fingerprint density at radius 3 is 2.45 bits per heavy atom. The number of carbonyl (C=O) groups excluding carboxylic acids is 2. The minimum Gasteiger partial charge on any atom is -0.443 e. The second kappa shape index (κ2) is 8.14. The first-order valence-corrected chi connectivity index (χ1v) is 11.9. The van der Waals surface area contributed by atoms with Crippen LogP contribution in [0.2, 0.25) is 5.02 Å². The molecule has 6 nitrogen and oxygen atoms in total. The molecule has 2 aliphatic rings. The third kappa shape index (κ3) is 4.24. The van der Waals surface area contributed by atoms with Gasteiger partial charge in [0.2, 0.25) is 0 Å². The molecule has 2 heterocycles. The van der Waals surface area contributed by atoms with Gasteiger partial charge in [-0.1, -0.05) is 23.7 Å². The molecule has 1 amide bonds. The number of hydrogen-bond donors (Lipinski definition) is 0. The Labute approximate surface area is 207 Å². The molecule has 1 fully saturated rings. The molecular formula is C22H22ClF3IN3O3. The van der Waals surface area contributed by atoms with Crippen molar-refractivity contribution < 1.29 is 27.5 Å². The number of aromatic nitrogens is 2. The lowest BCUT2D eigenvalue weighted by Crippen LogP contribution is -2.40. The van der Waals surface area contributed by atoms with Crippen LogP contribution in [0.25, 0.3) is 0 Å². The number of alkyl halides is 3. The number of anilines is 1. The summed E-state index contributed by atoms with van der Waals surface area (Å²) in [7, 11) is 0. The zero-order valence-electron chi connectivity index (χ0n) is 18.2. The molecule has 33 heavy (non-hydrogen) atoms. The number of amides is 1. The Hall–Kier alpha value is -1.82. The lowest BCUT2D eigenvalue weighted by Gasteiger charge is -2.30. The van der Waals surface area contributed by atoms with Gasteiger partial charge in [0.1, 0.15) is 15.0 Å². The number of ether oxygens (including phenoxy) is 1. The molecule has 0 bridgehead atoms. The van der Waals surface area contributed by atoms with Gasteiger partial charge in [0.05, 0.1) is 21.7 Å². The predicted molar refractivity (Wildman–Crippen MR) is 125 cm³/mol. The Kier molecular flexibility index (Phi) is 6.00. The highest BCUT2D eigenvalue weighted by Gasteiger charge is 2.65. The quantitative estimate of drug-likeness (QED) is 0.393. The van der Waals surface area contributed by atoms with Gasteiger partial charge in [-0.05, 0) is 80.7 Å². The van der Waals surface area contributed by atoms with Crippen molar-refractivity contribution in [2.45, 2.75) is 63.6 Å². The van der Waals surface area contributed by atoms with Gasteiger partial charge in [-0.3, -0.25) is 9.69 Å². The number of nitrogens with zero attached hydrogens (tertiary/aromatic N) is 3. The molecule has 11 heteroatoms. The normalized spacial score (nSPS) is 17.5. The molecular weight excluding hydrogens is 574 g/mol. The molecule has 178 valence electrons. The lowest BCUT2D eigenvalue weighted by molar-refractivity contribution is -0.160. The second-order valence-corrected chi connectivity index (χ2v) is 10.7. The average molecular weight is 596 g/mol. The van der Waals surface area contributed by atoms with Crippen LogP contribution in [0.3, 0.4) is 0 Å². The van der Waals surface area contributed by atoms with Crippen molar-refractivity contribution in [2.24, 2.45) is 0 Å². The van der Waals surface area contributed by atoms with Crippen LogP contribution >= 0.6 is 34.2 Å². The van der Waals surface area contributed by atoms with E-state index in [1.807, 2.05) is 22.6 Å². The van der Waals surface area contributed by atoms with E-state index >= 15 is 0 Å². The van der Waals surface area contributed by atoms with Gasteiger partial charge in [-0.2, -0.15) is 23.0 Å². The fourth-order valence-electron chi connectivity index (χ4n) is 4.17. The summed E-state index contributed by atoms with van der Waals surface area (Å²) in [5.74, 6) is -0.740. The van der Waals surface area contributed by atoms with Gasteiger partial charge in [-0.15, -0.1) is 0 Å². The minimum absolute atomic E-state index is 0.0629. The van der Waals surface area contributed by atoms with Crippen molar-refractivity contribution >= 4 is 51.9 Å². The molecule has 0 atom stereocenters. The number of rotatable bonds is 2. The molecule has 1 aromatic carbocycles. The summed E-state index contributed by atoms with van der Waals surface area (Å²) in [4.78, 5) is 27.8. The Morgan fingerprint density at radius 2 is 1.88 bits per heavy atom. The van der Waals surface area contributed by atoms with Gasteiger partial charge >= 0.3 is 12.3 Å². The van der Waals surface area contributed by atoms with Gasteiger partial charge in [-0.25, -0.2) is 4.79 Å². The number of fused-ring (bicyclic) bond motifs is 1. The first-order chi connectivity index (χ1) is 15.3. The van der Waals surface area contributed by atoms with E-state index in [9.17, 15) is 22.8 Å². The molecule has 2 aromatic rings. The fraction of sp³-hybridized carbons (Fsp3) is 0.500. The Bertz CT molecular complexity index is 1140. The third-order valence-corrected chi connectivity index (χ3v) is 6.86. The van der Waals surface area contributed by atoms with Gasteiger partial charge < -0.3 is 4.74 Å².